The van der Waals surface area contributed by atoms with E-state index in [0.717, 1.165) is 49.4 Å². The molecule has 1 saturated heterocycles. The van der Waals surface area contributed by atoms with E-state index in [0.29, 0.717) is 0 Å². The molecule has 1 aliphatic heterocycles. The molecule has 0 saturated carbocycles. The number of aromatic nitrogens is 2. The second kappa shape index (κ2) is 9.30. The van der Waals surface area contributed by atoms with Crippen LogP contribution in [0.5, 0.6) is 0 Å². The Labute approximate surface area is 165 Å². The van der Waals surface area contributed by atoms with Crippen LogP contribution in [0.15, 0.2) is 42.9 Å². The molecule has 1 aromatic carbocycles. The van der Waals surface area contributed by atoms with Crippen molar-refractivity contribution >= 4 is 23.3 Å². The van der Waals surface area contributed by atoms with Gasteiger partial charge in [-0.2, -0.15) is 0 Å². The first kappa shape index (κ1) is 19.8. The van der Waals surface area contributed by atoms with Gasteiger partial charge in [0.1, 0.15) is 5.82 Å². The van der Waals surface area contributed by atoms with Crippen LogP contribution in [-0.4, -0.2) is 53.4 Å². The molecule has 0 radical (unpaired) electrons. The Bertz CT molecular complexity index is 803. The summed E-state index contributed by atoms with van der Waals surface area (Å²) in [4.78, 5) is 37.2. The Morgan fingerprint density at radius 2 is 1.96 bits per heavy atom. The van der Waals surface area contributed by atoms with E-state index in [-0.39, 0.29) is 24.3 Å². The van der Waals surface area contributed by atoms with Gasteiger partial charge in [-0.3, -0.25) is 14.6 Å². The summed E-state index contributed by atoms with van der Waals surface area (Å²) in [5.74, 6) is 0.635. The summed E-state index contributed by atoms with van der Waals surface area (Å²) in [5.41, 5.74) is 1.90. The molecule has 1 N–H and O–H groups in total. The molecule has 2 heterocycles. The number of hydrogen-bond donors (Lipinski definition) is 1. The molecule has 0 unspecified atom stereocenters. The molecular weight excluding hydrogens is 354 g/mol. The number of nitrogens with one attached hydrogen (secondary N) is 1. The zero-order valence-corrected chi connectivity index (χ0v) is 16.5. The van der Waals surface area contributed by atoms with E-state index in [4.69, 9.17) is 0 Å². The van der Waals surface area contributed by atoms with Gasteiger partial charge in [-0.05, 0) is 30.9 Å². The molecule has 1 aromatic heterocycles. The fourth-order valence-electron chi connectivity index (χ4n) is 3.56. The molecule has 28 heavy (non-hydrogen) atoms. The van der Waals surface area contributed by atoms with Gasteiger partial charge < -0.3 is 15.1 Å². The van der Waals surface area contributed by atoms with Crippen LogP contribution >= 0.6 is 0 Å². The second-order valence-corrected chi connectivity index (χ2v) is 7.08. The molecule has 1 fully saturated rings. The third kappa shape index (κ3) is 4.85. The van der Waals surface area contributed by atoms with Crippen LogP contribution in [0.2, 0.25) is 0 Å². The van der Waals surface area contributed by atoms with Crippen molar-refractivity contribution in [3.05, 3.63) is 48.4 Å². The third-order valence-corrected chi connectivity index (χ3v) is 5.15. The first-order valence-corrected chi connectivity index (χ1v) is 9.72. The molecule has 0 aliphatic carbocycles. The summed E-state index contributed by atoms with van der Waals surface area (Å²) in [7, 11) is 1.70. The van der Waals surface area contributed by atoms with Gasteiger partial charge in [0, 0.05) is 44.1 Å². The number of nitrogens with zero attached hydrogens (tertiary/aromatic N) is 4. The lowest BCUT2D eigenvalue weighted by Gasteiger charge is -2.33. The standard InChI is InChI=1S/C21H27N5O2/c1-3-16-6-4-5-7-18(16)24-20(27)15-25(2)21(28)17-8-12-26(13-9-17)19-14-22-10-11-23-19/h4-7,10-11,14,17H,3,8-9,12-13,15H2,1-2H3,(H,24,27). The van der Waals surface area contributed by atoms with Crippen LogP contribution in [0.3, 0.4) is 0 Å². The highest BCUT2D eigenvalue weighted by atomic mass is 16.2. The molecule has 1 aliphatic rings. The summed E-state index contributed by atoms with van der Waals surface area (Å²) in [6, 6.07) is 7.74. The molecule has 2 amide bonds. The molecule has 0 spiro atoms. The van der Waals surface area contributed by atoms with Crippen molar-refractivity contribution < 1.29 is 9.59 Å². The average Bonchev–Trinajstić information content (AvgIpc) is 2.74. The van der Waals surface area contributed by atoms with Gasteiger partial charge >= 0.3 is 0 Å². The van der Waals surface area contributed by atoms with Gasteiger partial charge in [-0.1, -0.05) is 25.1 Å². The van der Waals surface area contributed by atoms with Crippen molar-refractivity contribution in [3.63, 3.8) is 0 Å². The highest BCUT2D eigenvalue weighted by molar-refractivity contribution is 5.95. The number of carbonyl (C=O) groups excluding carboxylic acids is 2. The van der Waals surface area contributed by atoms with E-state index in [2.05, 4.69) is 20.2 Å². The predicted octanol–water partition coefficient (Wildman–Crippen LogP) is 2.35. The largest absolute Gasteiger partial charge is 0.355 e. The minimum absolute atomic E-state index is 0.0257. The van der Waals surface area contributed by atoms with E-state index < -0.39 is 0 Å². The number of carbonyl (C=O) groups is 2. The van der Waals surface area contributed by atoms with Crippen LogP contribution in [0, 0.1) is 5.92 Å². The van der Waals surface area contributed by atoms with Crippen molar-refractivity contribution in [2.75, 3.05) is 36.9 Å². The van der Waals surface area contributed by atoms with Crippen molar-refractivity contribution in [1.82, 2.24) is 14.9 Å². The van der Waals surface area contributed by atoms with Gasteiger partial charge in [0.15, 0.2) is 0 Å². The minimum atomic E-state index is -0.172. The number of para-hydroxylation sites is 1. The second-order valence-electron chi connectivity index (χ2n) is 7.08. The van der Waals surface area contributed by atoms with Crippen LogP contribution < -0.4 is 10.2 Å². The lowest BCUT2D eigenvalue weighted by Crippen LogP contribution is -2.43. The third-order valence-electron chi connectivity index (χ3n) is 5.15. The summed E-state index contributed by atoms with van der Waals surface area (Å²) >= 11 is 0. The summed E-state index contributed by atoms with van der Waals surface area (Å²) in [5, 5.41) is 2.92. The molecule has 2 aromatic rings. The Hall–Kier alpha value is -2.96. The van der Waals surface area contributed by atoms with Crippen molar-refractivity contribution in [2.45, 2.75) is 26.2 Å². The van der Waals surface area contributed by atoms with E-state index in [9.17, 15) is 9.59 Å². The molecule has 3 rings (SSSR count). The number of benzene rings is 1. The SMILES string of the molecule is CCc1ccccc1NC(=O)CN(C)C(=O)C1CCN(c2cnccn2)CC1. The number of amides is 2. The Morgan fingerprint density at radius 1 is 1.21 bits per heavy atom. The number of likely N-dealkylation sites (N-methyl/N-ethyl adjacent to an activating group) is 1. The van der Waals surface area contributed by atoms with Crippen LogP contribution in [0.4, 0.5) is 11.5 Å². The van der Waals surface area contributed by atoms with Gasteiger partial charge in [-0.15, -0.1) is 0 Å². The van der Waals surface area contributed by atoms with Gasteiger partial charge in [-0.25, -0.2) is 4.98 Å². The van der Waals surface area contributed by atoms with E-state index in [1.54, 1.807) is 25.6 Å². The zero-order valence-electron chi connectivity index (χ0n) is 16.5. The normalized spacial score (nSPS) is 14.6. The van der Waals surface area contributed by atoms with E-state index in [1.165, 1.54) is 4.90 Å². The molecule has 148 valence electrons. The molecule has 7 heteroatoms. The lowest BCUT2D eigenvalue weighted by molar-refractivity contribution is -0.137. The smallest absolute Gasteiger partial charge is 0.243 e. The predicted molar refractivity (Wildman–Crippen MR) is 109 cm³/mol. The molecule has 0 bridgehead atoms. The van der Waals surface area contributed by atoms with E-state index >= 15 is 0 Å². The number of rotatable bonds is 6. The van der Waals surface area contributed by atoms with Crippen molar-refractivity contribution in [1.29, 1.82) is 0 Å². The summed E-state index contributed by atoms with van der Waals surface area (Å²) < 4.78 is 0. The summed E-state index contributed by atoms with van der Waals surface area (Å²) in [6.07, 6.45) is 7.41. The van der Waals surface area contributed by atoms with E-state index in [1.807, 2.05) is 31.2 Å². The maximum absolute atomic E-state index is 12.8. The average molecular weight is 381 g/mol. The van der Waals surface area contributed by atoms with Gasteiger partial charge in [0.2, 0.25) is 11.8 Å². The van der Waals surface area contributed by atoms with Crippen LogP contribution in [-0.2, 0) is 16.0 Å². The van der Waals surface area contributed by atoms with Crippen molar-refractivity contribution in [3.8, 4) is 0 Å². The molecular formula is C21H27N5O2. The monoisotopic (exact) mass is 381 g/mol. The zero-order chi connectivity index (χ0) is 19.9. The minimum Gasteiger partial charge on any atom is -0.355 e. The topological polar surface area (TPSA) is 78.4 Å². The lowest BCUT2D eigenvalue weighted by atomic mass is 9.95. The maximum Gasteiger partial charge on any atom is 0.243 e. The number of piperidine rings is 1. The Kier molecular flexibility index (Phi) is 6.57. The molecule has 7 nitrogen and oxygen atoms in total. The van der Waals surface area contributed by atoms with Crippen LogP contribution in [0.1, 0.15) is 25.3 Å². The van der Waals surface area contributed by atoms with Gasteiger partial charge in [0.25, 0.3) is 0 Å². The molecule has 0 atom stereocenters. The highest BCUT2D eigenvalue weighted by Crippen LogP contribution is 2.22. The number of anilines is 2. The Morgan fingerprint density at radius 3 is 2.64 bits per heavy atom. The fourth-order valence-corrected chi connectivity index (χ4v) is 3.56. The highest BCUT2D eigenvalue weighted by Gasteiger charge is 2.28. The first-order chi connectivity index (χ1) is 13.6. The van der Waals surface area contributed by atoms with Crippen LogP contribution in [0.25, 0.3) is 0 Å². The maximum atomic E-state index is 12.8. The number of aryl methyl sites for hydroxylation is 1. The number of hydrogen-bond acceptors (Lipinski definition) is 5. The first-order valence-electron chi connectivity index (χ1n) is 9.72. The van der Waals surface area contributed by atoms with Gasteiger partial charge in [0.05, 0.1) is 12.7 Å². The Balaban J connectivity index is 1.50. The summed E-state index contributed by atoms with van der Waals surface area (Å²) in [6.45, 7) is 3.63. The van der Waals surface area contributed by atoms with Crippen molar-refractivity contribution in [2.24, 2.45) is 5.92 Å². The quantitative estimate of drug-likeness (QED) is 0.831. The fraction of sp³-hybridized carbons (Fsp3) is 0.429.